The molecule has 1 saturated heterocycles. The first kappa shape index (κ1) is 15.9. The van der Waals surface area contributed by atoms with Crippen LogP contribution in [0.4, 0.5) is 9.93 Å². The molecule has 2 aliphatic rings. The van der Waals surface area contributed by atoms with Crippen LogP contribution < -0.4 is 10.6 Å². The Hall–Kier alpha value is -1.96. The van der Waals surface area contributed by atoms with Gasteiger partial charge in [-0.1, -0.05) is 13.8 Å². The highest BCUT2D eigenvalue weighted by Crippen LogP contribution is 2.30. The number of carbonyl (C=O) groups is 3. The molecule has 7 nitrogen and oxygen atoms in total. The minimum Gasteiger partial charge on any atom is -0.323 e. The Morgan fingerprint density at radius 3 is 2.70 bits per heavy atom. The van der Waals surface area contributed by atoms with Crippen molar-refractivity contribution in [3.63, 3.8) is 0 Å². The summed E-state index contributed by atoms with van der Waals surface area (Å²) in [5.41, 5.74) is 0.177. The number of amides is 4. The van der Waals surface area contributed by atoms with Gasteiger partial charge in [0.25, 0.3) is 5.91 Å². The average Bonchev–Trinajstić information content (AvgIpc) is 3.15. The zero-order valence-electron chi connectivity index (χ0n) is 13.3. The Kier molecular flexibility index (Phi) is 4.09. The summed E-state index contributed by atoms with van der Waals surface area (Å²) in [5.74, 6) is -0.729. The van der Waals surface area contributed by atoms with Crippen molar-refractivity contribution < 1.29 is 14.4 Å². The Labute approximate surface area is 138 Å². The van der Waals surface area contributed by atoms with Crippen LogP contribution in [0.1, 0.15) is 43.7 Å². The number of imide groups is 1. The molecular formula is C15H20N4O3S. The first-order chi connectivity index (χ1) is 11.0. The second-order valence-corrected chi connectivity index (χ2v) is 6.98. The zero-order chi connectivity index (χ0) is 16.6. The van der Waals surface area contributed by atoms with Crippen molar-refractivity contribution in [3.05, 3.63) is 10.6 Å². The fraction of sp³-hybridized carbons (Fsp3) is 0.600. The second-order valence-electron chi connectivity index (χ2n) is 5.90. The molecule has 0 atom stereocenters. The molecule has 0 aromatic carbocycles. The van der Waals surface area contributed by atoms with E-state index in [-0.39, 0.29) is 12.5 Å². The van der Waals surface area contributed by atoms with Gasteiger partial charge in [-0.25, -0.2) is 9.78 Å². The van der Waals surface area contributed by atoms with Crippen LogP contribution in [0.3, 0.4) is 0 Å². The van der Waals surface area contributed by atoms with Gasteiger partial charge in [0, 0.05) is 4.88 Å². The molecule has 8 heteroatoms. The fourth-order valence-electron chi connectivity index (χ4n) is 3.10. The molecule has 23 heavy (non-hydrogen) atoms. The first-order valence-corrected chi connectivity index (χ1v) is 8.73. The van der Waals surface area contributed by atoms with E-state index in [0.717, 1.165) is 29.9 Å². The molecule has 1 fully saturated rings. The first-order valence-electron chi connectivity index (χ1n) is 7.91. The van der Waals surface area contributed by atoms with Gasteiger partial charge in [-0.2, -0.15) is 0 Å². The maximum Gasteiger partial charge on any atom is 0.325 e. The van der Waals surface area contributed by atoms with Crippen molar-refractivity contribution in [2.45, 2.75) is 51.5 Å². The summed E-state index contributed by atoms with van der Waals surface area (Å²) in [4.78, 5) is 43.2. The summed E-state index contributed by atoms with van der Waals surface area (Å²) in [6, 6.07) is -0.504. The quantitative estimate of drug-likeness (QED) is 0.800. The van der Waals surface area contributed by atoms with Crippen molar-refractivity contribution in [1.82, 2.24) is 15.2 Å². The van der Waals surface area contributed by atoms with Gasteiger partial charge in [-0.15, -0.1) is 11.3 Å². The number of thiazole rings is 1. The lowest BCUT2D eigenvalue weighted by molar-refractivity contribution is -0.134. The second kappa shape index (κ2) is 5.92. The number of hydrogen-bond donors (Lipinski definition) is 2. The van der Waals surface area contributed by atoms with Crippen LogP contribution in [0.2, 0.25) is 0 Å². The monoisotopic (exact) mass is 336 g/mol. The minimum absolute atomic E-state index is 0.281. The summed E-state index contributed by atoms with van der Waals surface area (Å²) in [5, 5.41) is 5.95. The lowest BCUT2D eigenvalue weighted by atomic mass is 9.93. The normalized spacial score (nSPS) is 19.0. The molecule has 0 spiro atoms. The van der Waals surface area contributed by atoms with E-state index in [1.807, 2.05) is 13.8 Å². The summed E-state index contributed by atoms with van der Waals surface area (Å²) >= 11 is 1.47. The van der Waals surface area contributed by atoms with Crippen LogP contribution >= 0.6 is 11.3 Å². The smallest absolute Gasteiger partial charge is 0.323 e. The van der Waals surface area contributed by atoms with E-state index in [1.165, 1.54) is 16.2 Å². The van der Waals surface area contributed by atoms with Crippen molar-refractivity contribution in [3.8, 4) is 0 Å². The van der Waals surface area contributed by atoms with E-state index in [0.29, 0.717) is 18.0 Å². The molecule has 1 aliphatic heterocycles. The van der Waals surface area contributed by atoms with E-state index >= 15 is 0 Å². The number of fused-ring (bicyclic) bond motifs is 1. The fourth-order valence-corrected chi connectivity index (χ4v) is 4.16. The number of nitrogens with one attached hydrogen (secondary N) is 2. The van der Waals surface area contributed by atoms with Crippen LogP contribution in [0.5, 0.6) is 0 Å². The van der Waals surface area contributed by atoms with E-state index < -0.39 is 17.5 Å². The van der Waals surface area contributed by atoms with Gasteiger partial charge in [0.05, 0.1) is 5.69 Å². The number of aromatic nitrogens is 1. The van der Waals surface area contributed by atoms with Crippen LogP contribution in [-0.4, -0.2) is 39.8 Å². The minimum atomic E-state index is -0.875. The third kappa shape index (κ3) is 2.71. The van der Waals surface area contributed by atoms with Crippen molar-refractivity contribution >= 4 is 34.3 Å². The van der Waals surface area contributed by atoms with Gasteiger partial charge in [0.2, 0.25) is 5.91 Å². The largest absolute Gasteiger partial charge is 0.325 e. The predicted octanol–water partition coefficient (Wildman–Crippen LogP) is 1.68. The standard InChI is InChI=1S/C15H20N4O3S/c1-3-15(4-2)12(21)19(14(22)18-15)8-11(20)17-13-16-9-6-5-7-10(9)23-13/h3-8H2,1-2H3,(H,18,22)(H,16,17,20). The molecule has 0 radical (unpaired) electrons. The maximum absolute atomic E-state index is 12.5. The molecule has 1 aromatic heterocycles. The maximum atomic E-state index is 12.5. The van der Waals surface area contributed by atoms with Crippen molar-refractivity contribution in [2.75, 3.05) is 11.9 Å². The Morgan fingerprint density at radius 1 is 1.35 bits per heavy atom. The van der Waals surface area contributed by atoms with Gasteiger partial charge in [0.15, 0.2) is 5.13 Å². The number of nitrogens with zero attached hydrogens (tertiary/aromatic N) is 2. The van der Waals surface area contributed by atoms with Crippen LogP contribution in [0.15, 0.2) is 0 Å². The number of hydrogen-bond acceptors (Lipinski definition) is 5. The molecule has 4 amide bonds. The van der Waals surface area contributed by atoms with E-state index in [2.05, 4.69) is 15.6 Å². The van der Waals surface area contributed by atoms with Gasteiger partial charge in [-0.3, -0.25) is 14.5 Å². The predicted molar refractivity (Wildman–Crippen MR) is 86.3 cm³/mol. The molecule has 1 aliphatic carbocycles. The Bertz CT molecular complexity index is 644. The molecule has 1 aromatic rings. The number of aryl methyl sites for hydroxylation is 2. The molecule has 2 N–H and O–H groups in total. The van der Waals surface area contributed by atoms with E-state index in [9.17, 15) is 14.4 Å². The molecule has 0 unspecified atom stereocenters. The molecule has 0 bridgehead atoms. The highest BCUT2D eigenvalue weighted by molar-refractivity contribution is 7.15. The number of anilines is 1. The van der Waals surface area contributed by atoms with E-state index in [4.69, 9.17) is 0 Å². The summed E-state index contributed by atoms with van der Waals surface area (Å²) in [6.07, 6.45) is 4.08. The van der Waals surface area contributed by atoms with Crippen LogP contribution in [0, 0.1) is 0 Å². The average molecular weight is 336 g/mol. The molecule has 2 heterocycles. The van der Waals surface area contributed by atoms with Crippen molar-refractivity contribution in [2.24, 2.45) is 0 Å². The summed E-state index contributed by atoms with van der Waals surface area (Å²) < 4.78 is 0. The van der Waals surface area contributed by atoms with E-state index in [1.54, 1.807) is 0 Å². The lowest BCUT2D eigenvalue weighted by Crippen LogP contribution is -2.46. The third-order valence-electron chi connectivity index (χ3n) is 4.60. The highest BCUT2D eigenvalue weighted by atomic mass is 32.1. The Balaban J connectivity index is 1.65. The van der Waals surface area contributed by atoms with Gasteiger partial charge in [0.1, 0.15) is 12.1 Å². The molecule has 0 saturated carbocycles. The zero-order valence-corrected chi connectivity index (χ0v) is 14.1. The van der Waals surface area contributed by atoms with Crippen LogP contribution in [0.25, 0.3) is 0 Å². The topological polar surface area (TPSA) is 91.4 Å². The molecule has 124 valence electrons. The SMILES string of the molecule is CCC1(CC)NC(=O)N(CC(=O)Nc2nc3c(s2)CCC3)C1=O. The van der Waals surface area contributed by atoms with Crippen LogP contribution in [-0.2, 0) is 22.4 Å². The van der Waals surface area contributed by atoms with Gasteiger partial charge < -0.3 is 10.6 Å². The van der Waals surface area contributed by atoms with Crippen molar-refractivity contribution in [1.29, 1.82) is 0 Å². The van der Waals surface area contributed by atoms with Gasteiger partial charge in [-0.05, 0) is 32.1 Å². The number of urea groups is 1. The Morgan fingerprint density at radius 2 is 2.09 bits per heavy atom. The number of carbonyl (C=O) groups excluding carboxylic acids is 3. The summed E-state index contributed by atoms with van der Waals surface area (Å²) in [6.45, 7) is 3.42. The number of rotatable bonds is 5. The molecular weight excluding hydrogens is 316 g/mol. The summed E-state index contributed by atoms with van der Waals surface area (Å²) in [7, 11) is 0. The highest BCUT2D eigenvalue weighted by Gasteiger charge is 2.49. The lowest BCUT2D eigenvalue weighted by Gasteiger charge is -2.22. The molecule has 3 rings (SSSR count). The third-order valence-corrected chi connectivity index (χ3v) is 5.67. The van der Waals surface area contributed by atoms with Gasteiger partial charge >= 0.3 is 6.03 Å².